The zero-order valence-corrected chi connectivity index (χ0v) is 18.1. The maximum atomic E-state index is 12.9. The highest BCUT2D eigenvalue weighted by atomic mass is 16.5. The van der Waals surface area contributed by atoms with Crippen LogP contribution in [0.5, 0.6) is 11.6 Å². The number of aromatic nitrogens is 3. The van der Waals surface area contributed by atoms with Crippen molar-refractivity contribution in [2.75, 3.05) is 13.7 Å². The van der Waals surface area contributed by atoms with Gasteiger partial charge in [-0.05, 0) is 61.2 Å². The summed E-state index contributed by atoms with van der Waals surface area (Å²) >= 11 is 0. The van der Waals surface area contributed by atoms with Crippen molar-refractivity contribution in [3.05, 3.63) is 85.2 Å². The van der Waals surface area contributed by atoms with Gasteiger partial charge in [0.15, 0.2) is 0 Å². The third-order valence-electron chi connectivity index (χ3n) is 6.38. The molecule has 1 atom stereocenters. The van der Waals surface area contributed by atoms with E-state index in [1.807, 2.05) is 44.2 Å². The average molecular weight is 432 g/mol. The van der Waals surface area contributed by atoms with Crippen molar-refractivity contribution in [3.8, 4) is 17.3 Å². The molecular weight excluding hydrogens is 408 g/mol. The maximum Gasteiger partial charge on any atom is 0.335 e. The van der Waals surface area contributed by atoms with Crippen molar-refractivity contribution in [1.82, 2.24) is 19.9 Å². The van der Waals surface area contributed by atoms with E-state index in [1.165, 1.54) is 4.57 Å². The smallest absolute Gasteiger partial charge is 0.335 e. The predicted molar refractivity (Wildman–Crippen MR) is 122 cm³/mol. The van der Waals surface area contributed by atoms with Gasteiger partial charge in [0.05, 0.1) is 18.8 Å². The number of hydrogen-bond donors (Lipinski definition) is 4. The molecule has 4 N–H and O–H groups in total. The highest BCUT2D eigenvalue weighted by molar-refractivity contribution is 5.86. The molecule has 2 aromatic carbocycles. The van der Waals surface area contributed by atoms with Gasteiger partial charge in [-0.25, -0.2) is 9.36 Å². The Balaban J connectivity index is 1.75. The van der Waals surface area contributed by atoms with Crippen LogP contribution in [0.25, 0.3) is 16.6 Å². The summed E-state index contributed by atoms with van der Waals surface area (Å²) in [7, 11) is 1.62. The fourth-order valence-corrected chi connectivity index (χ4v) is 4.58. The monoisotopic (exact) mass is 432 g/mol. The summed E-state index contributed by atoms with van der Waals surface area (Å²) in [6.07, 6.45) is 0.758. The molecule has 0 aliphatic carbocycles. The number of aromatic amines is 2. The number of aryl methyl sites for hydroxylation is 1. The highest BCUT2D eigenvalue weighted by Gasteiger charge is 2.31. The molecule has 0 spiro atoms. The van der Waals surface area contributed by atoms with Crippen LogP contribution in [0.3, 0.4) is 0 Å². The topological polar surface area (TPSA) is 112 Å². The molecule has 0 unspecified atom stereocenters. The summed E-state index contributed by atoms with van der Waals surface area (Å²) in [5.74, 6) is 0.382. The number of benzene rings is 2. The largest absolute Gasteiger partial charge is 0.497 e. The Morgan fingerprint density at radius 3 is 2.72 bits per heavy atom. The molecule has 5 rings (SSSR count). The number of aromatic hydroxyl groups is 1. The van der Waals surface area contributed by atoms with Gasteiger partial charge in [0.25, 0.3) is 5.56 Å². The van der Waals surface area contributed by atoms with E-state index in [9.17, 15) is 14.7 Å². The molecular formula is C24H24N4O4. The number of nitrogens with zero attached hydrogens (tertiary/aromatic N) is 1. The third kappa shape index (κ3) is 2.95. The second kappa shape index (κ2) is 7.42. The summed E-state index contributed by atoms with van der Waals surface area (Å²) in [5, 5.41) is 15.6. The Morgan fingerprint density at radius 2 is 1.94 bits per heavy atom. The molecule has 1 aliphatic heterocycles. The Labute approximate surface area is 183 Å². The SMILES string of the molecule is COc1ccc2[nH]c3c(c2c1)CCN[C@@H]3c1c(O)n(-c2cccc(C)c2C)c(=O)[nH]c1=O. The minimum atomic E-state index is -0.678. The molecule has 0 radical (unpaired) electrons. The zero-order chi connectivity index (χ0) is 22.6. The van der Waals surface area contributed by atoms with E-state index in [2.05, 4.69) is 15.3 Å². The maximum absolute atomic E-state index is 12.9. The van der Waals surface area contributed by atoms with E-state index in [-0.39, 0.29) is 11.4 Å². The van der Waals surface area contributed by atoms with E-state index < -0.39 is 17.3 Å². The number of H-pyrrole nitrogens is 2. The van der Waals surface area contributed by atoms with Gasteiger partial charge in [-0.15, -0.1) is 0 Å². The molecule has 164 valence electrons. The lowest BCUT2D eigenvalue weighted by Crippen LogP contribution is -2.38. The summed E-state index contributed by atoms with van der Waals surface area (Å²) in [4.78, 5) is 31.4. The first-order valence-electron chi connectivity index (χ1n) is 10.5. The molecule has 0 bridgehead atoms. The molecule has 3 heterocycles. The van der Waals surface area contributed by atoms with Crippen molar-refractivity contribution in [1.29, 1.82) is 0 Å². The van der Waals surface area contributed by atoms with Crippen LogP contribution in [-0.2, 0) is 6.42 Å². The number of hydrogen-bond acceptors (Lipinski definition) is 5. The number of ether oxygens (including phenoxy) is 1. The summed E-state index contributed by atoms with van der Waals surface area (Å²) in [6, 6.07) is 10.7. The first-order chi connectivity index (χ1) is 15.4. The van der Waals surface area contributed by atoms with Crippen LogP contribution in [0.4, 0.5) is 0 Å². The normalized spacial score (nSPS) is 15.7. The highest BCUT2D eigenvalue weighted by Crippen LogP contribution is 2.36. The van der Waals surface area contributed by atoms with Crippen LogP contribution in [0.2, 0.25) is 0 Å². The first kappa shape index (κ1) is 20.1. The van der Waals surface area contributed by atoms with Gasteiger partial charge >= 0.3 is 5.69 Å². The standard InChI is InChI=1S/C24H24N4O4/c1-12-5-4-6-18(13(12)2)28-23(30)19(22(29)27-24(28)31)21-20-15(9-10-25-21)16-11-14(32-3)7-8-17(16)26-20/h4-8,11,21,25-26,30H,9-10H2,1-3H3,(H,27,29,31)/t21-/m1/s1. The third-order valence-corrected chi connectivity index (χ3v) is 6.38. The second-order valence-corrected chi connectivity index (χ2v) is 8.12. The van der Waals surface area contributed by atoms with E-state index in [4.69, 9.17) is 4.74 Å². The lowest BCUT2D eigenvalue weighted by Gasteiger charge is -2.25. The molecule has 0 saturated heterocycles. The van der Waals surface area contributed by atoms with Crippen molar-refractivity contribution < 1.29 is 9.84 Å². The summed E-state index contributed by atoms with van der Waals surface area (Å²) in [6.45, 7) is 4.42. The minimum absolute atomic E-state index is 0.102. The average Bonchev–Trinajstić information content (AvgIpc) is 3.15. The fourth-order valence-electron chi connectivity index (χ4n) is 4.58. The number of nitrogens with one attached hydrogen (secondary N) is 3. The van der Waals surface area contributed by atoms with Gasteiger partial charge in [-0.2, -0.15) is 0 Å². The number of methoxy groups -OCH3 is 1. The van der Waals surface area contributed by atoms with Gasteiger partial charge in [-0.1, -0.05) is 12.1 Å². The Morgan fingerprint density at radius 1 is 1.12 bits per heavy atom. The van der Waals surface area contributed by atoms with Crippen LogP contribution >= 0.6 is 0 Å². The Kier molecular flexibility index (Phi) is 4.67. The van der Waals surface area contributed by atoms with E-state index in [0.717, 1.165) is 45.5 Å². The van der Waals surface area contributed by atoms with Crippen LogP contribution in [-0.4, -0.2) is 33.3 Å². The molecule has 1 aliphatic rings. The minimum Gasteiger partial charge on any atom is -0.497 e. The van der Waals surface area contributed by atoms with Crippen molar-refractivity contribution in [3.63, 3.8) is 0 Å². The molecule has 32 heavy (non-hydrogen) atoms. The van der Waals surface area contributed by atoms with Crippen LogP contribution in [0.15, 0.2) is 46.0 Å². The van der Waals surface area contributed by atoms with Gasteiger partial charge in [0.1, 0.15) is 11.3 Å². The molecule has 0 fully saturated rings. The van der Waals surface area contributed by atoms with Crippen LogP contribution < -0.4 is 21.3 Å². The zero-order valence-electron chi connectivity index (χ0n) is 18.1. The number of rotatable bonds is 3. The quantitative estimate of drug-likeness (QED) is 0.398. The lowest BCUT2D eigenvalue weighted by atomic mass is 9.95. The molecule has 8 nitrogen and oxygen atoms in total. The second-order valence-electron chi connectivity index (χ2n) is 8.12. The predicted octanol–water partition coefficient (Wildman–Crippen LogP) is 2.57. The molecule has 4 aromatic rings. The van der Waals surface area contributed by atoms with Gasteiger partial charge in [0.2, 0.25) is 5.88 Å². The van der Waals surface area contributed by atoms with E-state index in [0.29, 0.717) is 12.2 Å². The summed E-state index contributed by atoms with van der Waals surface area (Å²) < 4.78 is 6.54. The molecule has 2 aromatic heterocycles. The first-order valence-corrected chi connectivity index (χ1v) is 10.5. The lowest BCUT2D eigenvalue weighted by molar-refractivity contribution is 0.409. The Bertz CT molecular complexity index is 1480. The van der Waals surface area contributed by atoms with Gasteiger partial charge < -0.3 is 20.1 Å². The molecule has 8 heteroatoms. The number of fused-ring (bicyclic) bond motifs is 3. The summed E-state index contributed by atoms with van der Waals surface area (Å²) in [5.41, 5.74) is 3.94. The van der Waals surface area contributed by atoms with E-state index in [1.54, 1.807) is 13.2 Å². The Hall–Kier alpha value is -3.78. The van der Waals surface area contributed by atoms with Gasteiger partial charge in [-0.3, -0.25) is 9.78 Å². The van der Waals surface area contributed by atoms with Crippen LogP contribution in [0.1, 0.15) is 34.0 Å². The van der Waals surface area contributed by atoms with Gasteiger partial charge in [0, 0.05) is 23.1 Å². The van der Waals surface area contributed by atoms with Crippen molar-refractivity contribution in [2.45, 2.75) is 26.3 Å². The molecule has 0 amide bonds. The van der Waals surface area contributed by atoms with Crippen LogP contribution in [0, 0.1) is 13.8 Å². The molecule has 0 saturated carbocycles. The van der Waals surface area contributed by atoms with Crippen molar-refractivity contribution in [2.24, 2.45) is 0 Å². The fraction of sp³-hybridized carbons (Fsp3) is 0.250. The van der Waals surface area contributed by atoms with E-state index >= 15 is 0 Å². The van der Waals surface area contributed by atoms with Crippen molar-refractivity contribution >= 4 is 10.9 Å².